The molecule has 0 spiro atoms. The van der Waals surface area contributed by atoms with Crippen LogP contribution < -0.4 is 10.6 Å². The molecule has 0 aliphatic rings. The number of aromatic nitrogens is 3. The number of hydrogen-bond acceptors (Lipinski definition) is 10. The van der Waals surface area contributed by atoms with Gasteiger partial charge in [0, 0.05) is 31.9 Å². The zero-order valence-electron chi connectivity index (χ0n) is 14.9. The van der Waals surface area contributed by atoms with E-state index in [4.69, 9.17) is 15.5 Å². The maximum Gasteiger partial charge on any atom is 0.213 e. The topological polar surface area (TPSA) is 168 Å². The van der Waals surface area contributed by atoms with Crippen molar-refractivity contribution in [3.05, 3.63) is 22.9 Å². The smallest absolute Gasteiger partial charge is 0.213 e. The molecule has 0 atom stereocenters. The van der Waals surface area contributed by atoms with Gasteiger partial charge in [-0.3, -0.25) is 4.68 Å². The van der Waals surface area contributed by atoms with E-state index in [1.54, 1.807) is 14.0 Å². The van der Waals surface area contributed by atoms with Crippen LogP contribution in [0, 0.1) is 29.6 Å². The Morgan fingerprint density at radius 2 is 1.78 bits per heavy atom. The number of aliphatic hydroxyl groups excluding tert-OH is 2. The first-order chi connectivity index (χ1) is 13.0. The number of pyridine rings is 1. The summed E-state index contributed by atoms with van der Waals surface area (Å²) in [6.45, 7) is 1.87. The Kier molecular flexibility index (Phi) is 6.77. The lowest BCUT2D eigenvalue weighted by Crippen LogP contribution is -2.13. The quantitative estimate of drug-likeness (QED) is 0.501. The number of aliphatic hydroxyl groups is 2. The van der Waals surface area contributed by atoms with Gasteiger partial charge in [-0.05, 0) is 6.92 Å². The van der Waals surface area contributed by atoms with E-state index >= 15 is 0 Å². The van der Waals surface area contributed by atoms with Crippen molar-refractivity contribution in [1.82, 2.24) is 14.8 Å². The number of rotatable bonds is 8. The highest BCUT2D eigenvalue weighted by Crippen LogP contribution is 2.34. The monoisotopic (exact) mass is 369 g/mol. The molecule has 0 aromatic carbocycles. The SMILES string of the molecule is Cc1c(C#N)c(NCCO)nc(NCCO)c1/N=N/c1nn(C)cc1C#N. The Balaban J connectivity index is 2.53. The van der Waals surface area contributed by atoms with Gasteiger partial charge in [-0.2, -0.15) is 10.5 Å². The van der Waals surface area contributed by atoms with Crippen molar-refractivity contribution in [3.8, 4) is 12.1 Å². The van der Waals surface area contributed by atoms with E-state index in [0.717, 1.165) is 0 Å². The highest BCUT2D eigenvalue weighted by atomic mass is 16.3. The maximum atomic E-state index is 9.48. The fourth-order valence-electron chi connectivity index (χ4n) is 2.28. The average molecular weight is 369 g/mol. The summed E-state index contributed by atoms with van der Waals surface area (Å²) < 4.78 is 1.45. The standard InChI is InChI=1S/C16H19N9O2/c1-10-12(8-18)15(19-3-5-26)21-16(20-4-6-27)13(10)22-23-14-11(7-17)9-25(2)24-14/h9,26-27H,3-6H2,1-2H3,(H2,19,20,21)/b23-22+. The summed E-state index contributed by atoms with van der Waals surface area (Å²) in [6, 6.07) is 4.05. The molecule has 2 heterocycles. The summed E-state index contributed by atoms with van der Waals surface area (Å²) in [5.74, 6) is 0.742. The lowest BCUT2D eigenvalue weighted by atomic mass is 10.1. The van der Waals surface area contributed by atoms with Crippen LogP contribution >= 0.6 is 0 Å². The van der Waals surface area contributed by atoms with Crippen LogP contribution in [0.1, 0.15) is 16.7 Å². The Bertz CT molecular complexity index is 921. The van der Waals surface area contributed by atoms with Crippen LogP contribution in [0.5, 0.6) is 0 Å². The molecular formula is C16H19N9O2. The van der Waals surface area contributed by atoms with Crippen LogP contribution in [0.25, 0.3) is 0 Å². The molecule has 0 saturated heterocycles. The Morgan fingerprint density at radius 3 is 2.37 bits per heavy atom. The molecule has 2 rings (SSSR count). The fourth-order valence-corrected chi connectivity index (χ4v) is 2.28. The molecule has 11 heteroatoms. The second-order valence-electron chi connectivity index (χ2n) is 5.42. The number of hydrogen-bond donors (Lipinski definition) is 4. The molecule has 0 radical (unpaired) electrons. The van der Waals surface area contributed by atoms with Crippen LogP contribution in [-0.4, -0.2) is 51.3 Å². The molecule has 0 bridgehead atoms. The van der Waals surface area contributed by atoms with E-state index in [-0.39, 0.29) is 43.2 Å². The summed E-state index contributed by atoms with van der Waals surface area (Å²) >= 11 is 0. The summed E-state index contributed by atoms with van der Waals surface area (Å²) in [5, 5.41) is 54.7. The van der Waals surface area contributed by atoms with Gasteiger partial charge < -0.3 is 20.8 Å². The minimum Gasteiger partial charge on any atom is -0.395 e. The molecule has 0 unspecified atom stereocenters. The van der Waals surface area contributed by atoms with Crippen molar-refractivity contribution in [3.63, 3.8) is 0 Å². The molecule has 11 nitrogen and oxygen atoms in total. The highest BCUT2D eigenvalue weighted by Gasteiger charge is 2.17. The van der Waals surface area contributed by atoms with Crippen molar-refractivity contribution in [1.29, 1.82) is 10.5 Å². The van der Waals surface area contributed by atoms with E-state index in [0.29, 0.717) is 22.9 Å². The lowest BCUT2D eigenvalue weighted by Gasteiger charge is -2.14. The van der Waals surface area contributed by atoms with Gasteiger partial charge in [-0.25, -0.2) is 4.98 Å². The minimum absolute atomic E-state index is 0.122. The Morgan fingerprint density at radius 1 is 1.11 bits per heavy atom. The normalized spacial score (nSPS) is 10.6. The number of aryl methyl sites for hydroxylation is 1. The van der Waals surface area contributed by atoms with E-state index < -0.39 is 0 Å². The maximum absolute atomic E-state index is 9.48. The highest BCUT2D eigenvalue weighted by molar-refractivity contribution is 5.74. The molecule has 27 heavy (non-hydrogen) atoms. The third-order valence-electron chi connectivity index (χ3n) is 3.51. The van der Waals surface area contributed by atoms with Crippen LogP contribution in [0.2, 0.25) is 0 Å². The molecule has 2 aromatic heterocycles. The summed E-state index contributed by atoms with van der Waals surface area (Å²) in [5.41, 5.74) is 1.32. The van der Waals surface area contributed by atoms with Crippen molar-refractivity contribution in [2.24, 2.45) is 17.3 Å². The number of azo groups is 1. The van der Waals surface area contributed by atoms with E-state index in [2.05, 4.69) is 37.0 Å². The number of nitrogens with zero attached hydrogens (tertiary/aromatic N) is 7. The number of nitrogens with one attached hydrogen (secondary N) is 2. The first kappa shape index (κ1) is 19.8. The first-order valence-electron chi connectivity index (χ1n) is 8.05. The first-order valence-corrected chi connectivity index (χ1v) is 8.05. The summed E-state index contributed by atoms with van der Waals surface area (Å²) in [4.78, 5) is 4.33. The molecule has 0 amide bonds. The van der Waals surface area contributed by atoms with Gasteiger partial charge in [0.1, 0.15) is 29.2 Å². The van der Waals surface area contributed by atoms with Crippen molar-refractivity contribution < 1.29 is 10.2 Å². The zero-order chi connectivity index (χ0) is 19.8. The molecule has 0 aliphatic carbocycles. The third-order valence-corrected chi connectivity index (χ3v) is 3.51. The molecular weight excluding hydrogens is 350 g/mol. The zero-order valence-corrected chi connectivity index (χ0v) is 14.9. The molecule has 2 aromatic rings. The Labute approximate surface area is 155 Å². The fraction of sp³-hybridized carbons (Fsp3) is 0.375. The molecule has 0 fully saturated rings. The van der Waals surface area contributed by atoms with Gasteiger partial charge in [0.05, 0.1) is 18.8 Å². The van der Waals surface area contributed by atoms with E-state index in [1.165, 1.54) is 10.9 Å². The second-order valence-corrected chi connectivity index (χ2v) is 5.42. The minimum atomic E-state index is -0.129. The van der Waals surface area contributed by atoms with Crippen molar-refractivity contribution in [2.75, 3.05) is 36.9 Å². The van der Waals surface area contributed by atoms with Gasteiger partial charge in [-0.1, -0.05) is 0 Å². The largest absolute Gasteiger partial charge is 0.395 e. The average Bonchev–Trinajstić information content (AvgIpc) is 3.03. The van der Waals surface area contributed by atoms with Gasteiger partial charge in [0.2, 0.25) is 5.82 Å². The lowest BCUT2D eigenvalue weighted by molar-refractivity contribution is 0.311. The molecule has 140 valence electrons. The molecule has 0 saturated carbocycles. The predicted octanol–water partition coefficient (Wildman–Crippen LogP) is 1.09. The van der Waals surface area contributed by atoms with Crippen molar-refractivity contribution >= 4 is 23.1 Å². The Hall–Kier alpha value is -3.54. The molecule has 0 aliphatic heterocycles. The van der Waals surface area contributed by atoms with Crippen LogP contribution in [0.4, 0.5) is 23.1 Å². The molecule has 4 N–H and O–H groups in total. The second kappa shape index (κ2) is 9.24. The van der Waals surface area contributed by atoms with Gasteiger partial charge >= 0.3 is 0 Å². The van der Waals surface area contributed by atoms with E-state index in [1.807, 2.05) is 6.07 Å². The van der Waals surface area contributed by atoms with Crippen LogP contribution in [0.3, 0.4) is 0 Å². The summed E-state index contributed by atoms with van der Waals surface area (Å²) in [7, 11) is 1.66. The van der Waals surface area contributed by atoms with E-state index in [9.17, 15) is 5.26 Å². The third kappa shape index (κ3) is 4.55. The van der Waals surface area contributed by atoms with Gasteiger partial charge in [0.25, 0.3) is 0 Å². The van der Waals surface area contributed by atoms with Gasteiger partial charge in [-0.15, -0.1) is 15.3 Å². The van der Waals surface area contributed by atoms with Crippen LogP contribution in [0.15, 0.2) is 16.4 Å². The number of anilines is 2. The number of nitriles is 2. The summed E-state index contributed by atoms with van der Waals surface area (Å²) in [6.07, 6.45) is 1.52. The van der Waals surface area contributed by atoms with Crippen LogP contribution in [-0.2, 0) is 7.05 Å². The predicted molar refractivity (Wildman–Crippen MR) is 96.9 cm³/mol. The van der Waals surface area contributed by atoms with Gasteiger partial charge in [0.15, 0.2) is 5.82 Å². The van der Waals surface area contributed by atoms with Crippen molar-refractivity contribution in [2.45, 2.75) is 6.92 Å².